The summed E-state index contributed by atoms with van der Waals surface area (Å²) in [4.78, 5) is 17.8. The van der Waals surface area contributed by atoms with Crippen molar-refractivity contribution in [2.24, 2.45) is 5.92 Å². The molecule has 6 heteroatoms. The van der Waals surface area contributed by atoms with Gasteiger partial charge in [0.15, 0.2) is 0 Å². The van der Waals surface area contributed by atoms with Crippen LogP contribution in [0.1, 0.15) is 44.6 Å². The zero-order chi connectivity index (χ0) is 18.8. The summed E-state index contributed by atoms with van der Waals surface area (Å²) in [7, 11) is 0. The van der Waals surface area contributed by atoms with E-state index in [1.165, 1.54) is 18.6 Å². The van der Waals surface area contributed by atoms with Crippen LogP contribution in [0.3, 0.4) is 0 Å². The van der Waals surface area contributed by atoms with Crippen molar-refractivity contribution < 1.29 is 9.18 Å². The van der Waals surface area contributed by atoms with Crippen LogP contribution < -0.4 is 10.9 Å². The predicted octanol–water partition coefficient (Wildman–Crippen LogP) is 2.28. The molecular weight excluding hydrogens is 343 g/mol. The van der Waals surface area contributed by atoms with Crippen molar-refractivity contribution in [3.8, 4) is 0 Å². The fourth-order valence-corrected chi connectivity index (χ4v) is 4.95. The standard InChI is InChI=1S/C21H31FN4O/c1-2-3-18-10-20(24-23-18)21(27)26-13-16-6-9-19(26)14-25(12-16)11-15-4-7-17(22)8-5-15/h4-5,7-8,16,18-20,23-24H,2-3,6,9-14H2,1H3/t16-,18?,19+,20?/m0/s1. The third-order valence-electron chi connectivity index (χ3n) is 6.31. The van der Waals surface area contributed by atoms with Crippen LogP contribution in [0.2, 0.25) is 0 Å². The Hall–Kier alpha value is -1.50. The Labute approximate surface area is 161 Å². The van der Waals surface area contributed by atoms with Crippen LogP contribution >= 0.6 is 0 Å². The largest absolute Gasteiger partial charge is 0.337 e. The zero-order valence-corrected chi connectivity index (χ0v) is 16.2. The summed E-state index contributed by atoms with van der Waals surface area (Å²) in [5.41, 5.74) is 7.67. The first-order chi connectivity index (χ1) is 13.1. The number of nitrogens with one attached hydrogen (secondary N) is 2. The van der Waals surface area contributed by atoms with Gasteiger partial charge in [0, 0.05) is 38.3 Å². The molecule has 4 heterocycles. The van der Waals surface area contributed by atoms with Gasteiger partial charge in [-0.05, 0) is 49.3 Å². The topological polar surface area (TPSA) is 47.6 Å². The Morgan fingerprint density at radius 2 is 1.96 bits per heavy atom. The number of halogens is 1. The highest BCUT2D eigenvalue weighted by Gasteiger charge is 2.40. The van der Waals surface area contributed by atoms with Crippen molar-refractivity contribution in [3.63, 3.8) is 0 Å². The van der Waals surface area contributed by atoms with Crippen LogP contribution in [0.15, 0.2) is 24.3 Å². The van der Waals surface area contributed by atoms with Crippen LogP contribution in [-0.4, -0.2) is 53.5 Å². The fraction of sp³-hybridized carbons (Fsp3) is 0.667. The van der Waals surface area contributed by atoms with Gasteiger partial charge < -0.3 is 4.90 Å². The summed E-state index contributed by atoms with van der Waals surface area (Å²) < 4.78 is 13.2. The molecule has 148 valence electrons. The van der Waals surface area contributed by atoms with E-state index >= 15 is 0 Å². The molecular formula is C21H31FN4O. The van der Waals surface area contributed by atoms with Gasteiger partial charge in [-0.1, -0.05) is 25.5 Å². The first kappa shape index (κ1) is 18.8. The molecule has 1 amide bonds. The van der Waals surface area contributed by atoms with Crippen LogP contribution in [0.25, 0.3) is 0 Å². The number of nitrogens with zero attached hydrogens (tertiary/aromatic N) is 2. The Kier molecular flexibility index (Phi) is 5.76. The van der Waals surface area contributed by atoms with E-state index < -0.39 is 0 Å². The molecule has 0 radical (unpaired) electrons. The monoisotopic (exact) mass is 374 g/mol. The molecule has 4 fully saturated rings. The minimum Gasteiger partial charge on any atom is -0.337 e. The van der Waals surface area contributed by atoms with E-state index in [2.05, 4.69) is 27.6 Å². The number of carbonyl (C=O) groups excluding carboxylic acids is 1. The maximum absolute atomic E-state index is 13.2. The number of amides is 1. The molecule has 1 aromatic rings. The van der Waals surface area contributed by atoms with Crippen molar-refractivity contribution in [3.05, 3.63) is 35.6 Å². The first-order valence-electron chi connectivity index (χ1n) is 10.4. The maximum atomic E-state index is 13.2. The Morgan fingerprint density at radius 1 is 1.15 bits per heavy atom. The number of hydrogen-bond acceptors (Lipinski definition) is 4. The van der Waals surface area contributed by atoms with Gasteiger partial charge in [0.05, 0.1) is 0 Å². The summed E-state index contributed by atoms with van der Waals surface area (Å²) in [6.45, 7) is 5.82. The lowest BCUT2D eigenvalue weighted by atomic mass is 9.94. The molecule has 4 aliphatic rings. The van der Waals surface area contributed by atoms with Crippen molar-refractivity contribution in [2.45, 2.75) is 63.7 Å². The van der Waals surface area contributed by atoms with Gasteiger partial charge in [-0.3, -0.25) is 15.1 Å². The molecule has 5 rings (SSSR count). The van der Waals surface area contributed by atoms with Crippen molar-refractivity contribution in [1.82, 2.24) is 20.7 Å². The van der Waals surface area contributed by atoms with Gasteiger partial charge in [0.25, 0.3) is 0 Å². The van der Waals surface area contributed by atoms with Crippen LogP contribution in [-0.2, 0) is 11.3 Å². The van der Waals surface area contributed by atoms with Gasteiger partial charge >= 0.3 is 0 Å². The number of benzene rings is 1. The average Bonchev–Trinajstić information content (AvgIpc) is 2.96. The third-order valence-corrected chi connectivity index (χ3v) is 6.31. The quantitative estimate of drug-likeness (QED) is 0.830. The third kappa shape index (κ3) is 4.33. The number of rotatable bonds is 5. The Balaban J connectivity index is 1.39. The smallest absolute Gasteiger partial charge is 0.241 e. The Morgan fingerprint density at radius 3 is 2.74 bits per heavy atom. The summed E-state index contributed by atoms with van der Waals surface area (Å²) in [5.74, 6) is 0.610. The van der Waals surface area contributed by atoms with Crippen molar-refractivity contribution in [2.75, 3.05) is 19.6 Å². The van der Waals surface area contributed by atoms with Gasteiger partial charge in [-0.25, -0.2) is 9.82 Å². The van der Waals surface area contributed by atoms with Crippen molar-refractivity contribution in [1.29, 1.82) is 0 Å². The van der Waals surface area contributed by atoms with Gasteiger partial charge in [0.1, 0.15) is 11.9 Å². The van der Waals surface area contributed by atoms with Crippen LogP contribution in [0, 0.1) is 11.7 Å². The lowest BCUT2D eigenvalue weighted by Crippen LogP contribution is -2.53. The maximum Gasteiger partial charge on any atom is 0.241 e. The Bertz CT molecular complexity index is 652. The fourth-order valence-electron chi connectivity index (χ4n) is 4.95. The number of hydrazine groups is 1. The van der Waals surface area contributed by atoms with E-state index in [0.717, 1.165) is 57.4 Å². The molecule has 0 aliphatic carbocycles. The molecule has 4 saturated heterocycles. The summed E-state index contributed by atoms with van der Waals surface area (Å²) in [6.07, 6.45) is 5.42. The minimum atomic E-state index is -0.189. The SMILES string of the molecule is CCCC1CC(C(=O)N2C[C@H]3CC[C@@H]2CN(Cc2ccc(F)cc2)C3)NN1. The van der Waals surface area contributed by atoms with Gasteiger partial charge in [0.2, 0.25) is 5.91 Å². The number of carbonyl (C=O) groups is 1. The molecule has 5 nitrogen and oxygen atoms in total. The second-order valence-corrected chi connectivity index (χ2v) is 8.47. The number of piperidine rings is 1. The highest BCUT2D eigenvalue weighted by Crippen LogP contribution is 2.30. The molecule has 4 aliphatic heterocycles. The molecule has 2 unspecified atom stereocenters. The molecule has 2 N–H and O–H groups in total. The lowest BCUT2D eigenvalue weighted by molar-refractivity contribution is -0.137. The second-order valence-electron chi connectivity index (χ2n) is 8.47. The summed E-state index contributed by atoms with van der Waals surface area (Å²) in [6, 6.07) is 7.41. The average molecular weight is 375 g/mol. The number of hydrogen-bond donors (Lipinski definition) is 2. The molecule has 0 spiro atoms. The normalized spacial score (nSPS) is 31.3. The zero-order valence-electron chi connectivity index (χ0n) is 16.2. The van der Waals surface area contributed by atoms with Crippen LogP contribution in [0.5, 0.6) is 0 Å². The molecule has 1 aromatic carbocycles. The van der Waals surface area contributed by atoms with Crippen molar-refractivity contribution >= 4 is 5.91 Å². The van der Waals surface area contributed by atoms with E-state index in [0.29, 0.717) is 18.0 Å². The highest BCUT2D eigenvalue weighted by atomic mass is 19.1. The van der Waals surface area contributed by atoms with Gasteiger partial charge in [-0.2, -0.15) is 0 Å². The van der Waals surface area contributed by atoms with E-state index in [1.807, 2.05) is 12.1 Å². The van der Waals surface area contributed by atoms with E-state index in [1.54, 1.807) is 0 Å². The van der Waals surface area contributed by atoms with Crippen LogP contribution in [0.4, 0.5) is 4.39 Å². The van der Waals surface area contributed by atoms with E-state index in [4.69, 9.17) is 0 Å². The molecule has 4 atom stereocenters. The summed E-state index contributed by atoms with van der Waals surface area (Å²) in [5, 5.41) is 0. The predicted molar refractivity (Wildman–Crippen MR) is 103 cm³/mol. The summed E-state index contributed by atoms with van der Waals surface area (Å²) >= 11 is 0. The lowest BCUT2D eigenvalue weighted by Gasteiger charge is -2.37. The van der Waals surface area contributed by atoms with Gasteiger partial charge in [-0.15, -0.1) is 0 Å². The second kappa shape index (κ2) is 8.25. The molecule has 0 saturated carbocycles. The molecule has 2 bridgehead atoms. The molecule has 0 aromatic heterocycles. The van der Waals surface area contributed by atoms with E-state index in [9.17, 15) is 9.18 Å². The number of fused-ring (bicyclic) bond motifs is 4. The first-order valence-corrected chi connectivity index (χ1v) is 10.4. The molecule has 27 heavy (non-hydrogen) atoms. The highest BCUT2D eigenvalue weighted by molar-refractivity contribution is 5.82. The minimum absolute atomic E-state index is 0.0913. The van der Waals surface area contributed by atoms with E-state index in [-0.39, 0.29) is 17.8 Å².